The fourth-order valence-electron chi connectivity index (χ4n) is 3.33. The van der Waals surface area contributed by atoms with Crippen molar-refractivity contribution in [3.63, 3.8) is 0 Å². The topological polar surface area (TPSA) is 61.4 Å². The lowest BCUT2D eigenvalue weighted by atomic mass is 9.87. The number of nitrogens with zero attached hydrogens (tertiary/aromatic N) is 6. The van der Waals surface area contributed by atoms with Gasteiger partial charge >= 0.3 is 0 Å². The van der Waals surface area contributed by atoms with Crippen molar-refractivity contribution in [1.29, 1.82) is 0 Å². The van der Waals surface area contributed by atoms with Crippen LogP contribution in [0.2, 0.25) is 0 Å². The molecule has 0 unspecified atom stereocenters. The van der Waals surface area contributed by atoms with Crippen molar-refractivity contribution >= 4 is 22.1 Å². The highest BCUT2D eigenvalue weighted by Gasteiger charge is 2.29. The van der Waals surface area contributed by atoms with Gasteiger partial charge < -0.3 is 0 Å². The van der Waals surface area contributed by atoms with Crippen LogP contribution in [0.1, 0.15) is 66.5 Å². The highest BCUT2D eigenvalue weighted by atomic mass is 15.6. The number of benzene rings is 2. The van der Waals surface area contributed by atoms with Crippen molar-refractivity contribution in [3.8, 4) is 0 Å². The molecule has 0 spiro atoms. The molecule has 0 saturated heterocycles. The van der Waals surface area contributed by atoms with E-state index in [0.29, 0.717) is 0 Å². The number of fused-ring (bicyclic) bond motifs is 2. The van der Waals surface area contributed by atoms with Crippen molar-refractivity contribution in [3.05, 3.63) is 47.5 Å². The first-order chi connectivity index (χ1) is 13.4. The Morgan fingerprint density at radius 1 is 0.517 bits per heavy atom. The van der Waals surface area contributed by atoms with Crippen molar-refractivity contribution in [2.24, 2.45) is 0 Å². The molecule has 2 aromatic heterocycles. The van der Waals surface area contributed by atoms with Crippen LogP contribution in [-0.4, -0.2) is 30.0 Å². The molecule has 0 bridgehead atoms. The molecule has 6 heteroatoms. The lowest BCUT2D eigenvalue weighted by molar-refractivity contribution is 0.185. The van der Waals surface area contributed by atoms with Gasteiger partial charge in [0.05, 0.1) is 0 Å². The minimum Gasteiger partial charge on any atom is -0.154 e. The predicted molar refractivity (Wildman–Crippen MR) is 117 cm³/mol. The molecule has 152 valence electrons. The second-order valence-corrected chi connectivity index (χ2v) is 10.4. The monoisotopic (exact) mass is 390 g/mol. The summed E-state index contributed by atoms with van der Waals surface area (Å²) >= 11 is 0. The lowest BCUT2D eigenvalue weighted by Gasteiger charge is -2.22. The molecule has 0 atom stereocenters. The molecule has 6 nitrogen and oxygen atoms in total. The molecule has 2 heterocycles. The molecule has 0 saturated carbocycles. The first-order valence-corrected chi connectivity index (χ1v) is 10.1. The van der Waals surface area contributed by atoms with Gasteiger partial charge in [0.2, 0.25) is 0 Å². The Kier molecular flexibility index (Phi) is 4.12. The lowest BCUT2D eigenvalue weighted by Crippen LogP contribution is -2.38. The van der Waals surface area contributed by atoms with Crippen LogP contribution in [-0.2, 0) is 16.5 Å². The van der Waals surface area contributed by atoms with E-state index in [1.807, 2.05) is 26.0 Å². The Labute approximate surface area is 171 Å². The minimum absolute atomic E-state index is 0.0690. The second-order valence-electron chi connectivity index (χ2n) is 10.4. The van der Waals surface area contributed by atoms with Crippen molar-refractivity contribution < 1.29 is 0 Å². The zero-order valence-electron chi connectivity index (χ0n) is 18.6. The van der Waals surface area contributed by atoms with Crippen molar-refractivity contribution in [1.82, 2.24) is 30.0 Å². The van der Waals surface area contributed by atoms with E-state index in [1.54, 1.807) is 9.59 Å². The van der Waals surface area contributed by atoms with Gasteiger partial charge in [0.15, 0.2) is 5.66 Å². The van der Waals surface area contributed by atoms with E-state index in [2.05, 4.69) is 65.8 Å². The van der Waals surface area contributed by atoms with E-state index in [0.717, 1.165) is 22.1 Å². The van der Waals surface area contributed by atoms with E-state index in [1.165, 1.54) is 11.1 Å². The van der Waals surface area contributed by atoms with E-state index in [9.17, 15) is 0 Å². The number of hydrogen-bond acceptors (Lipinski definition) is 4. The van der Waals surface area contributed by atoms with Crippen molar-refractivity contribution in [2.75, 3.05) is 0 Å². The molecule has 29 heavy (non-hydrogen) atoms. The van der Waals surface area contributed by atoms with Gasteiger partial charge in [-0.25, -0.2) is 0 Å². The Morgan fingerprint density at radius 3 is 1.21 bits per heavy atom. The summed E-state index contributed by atoms with van der Waals surface area (Å²) in [4.78, 5) is 3.43. The SMILES string of the molecule is CC(C)(C)c1ccc2nn(C(C)(C)n3nc4ccc(C(C)(C)C)cc4n3)nc2c1. The molecule has 0 aliphatic carbocycles. The molecule has 0 radical (unpaired) electrons. The summed E-state index contributed by atoms with van der Waals surface area (Å²) in [6.45, 7) is 17.3. The Bertz CT molecular complexity index is 1100. The molecule has 0 aliphatic rings. The third-order valence-corrected chi connectivity index (χ3v) is 5.47. The molecule has 0 aliphatic heterocycles. The summed E-state index contributed by atoms with van der Waals surface area (Å²) in [7, 11) is 0. The number of hydrogen-bond donors (Lipinski definition) is 0. The van der Waals surface area contributed by atoms with Gasteiger partial charge in [-0.15, -0.1) is 0 Å². The summed E-state index contributed by atoms with van der Waals surface area (Å²) in [6, 6.07) is 12.6. The summed E-state index contributed by atoms with van der Waals surface area (Å²) in [6.07, 6.45) is 0. The van der Waals surface area contributed by atoms with Gasteiger partial charge in [-0.1, -0.05) is 53.7 Å². The average Bonchev–Trinajstić information content (AvgIpc) is 3.23. The third kappa shape index (κ3) is 3.41. The van der Waals surface area contributed by atoms with Crippen LogP contribution in [0.5, 0.6) is 0 Å². The summed E-state index contributed by atoms with van der Waals surface area (Å²) in [5.41, 5.74) is 5.51. The van der Waals surface area contributed by atoms with Gasteiger partial charge in [0.25, 0.3) is 0 Å². The summed E-state index contributed by atoms with van der Waals surface area (Å²) in [5, 5.41) is 19.0. The van der Waals surface area contributed by atoms with Crippen LogP contribution in [0.4, 0.5) is 0 Å². The predicted octanol–water partition coefficient (Wildman–Crippen LogP) is 5.01. The van der Waals surface area contributed by atoms with Gasteiger partial charge in [-0.2, -0.15) is 30.0 Å². The summed E-state index contributed by atoms with van der Waals surface area (Å²) < 4.78 is 0. The van der Waals surface area contributed by atoms with Gasteiger partial charge in [-0.05, 0) is 60.1 Å². The second kappa shape index (κ2) is 6.12. The maximum Gasteiger partial charge on any atom is 0.186 e. The highest BCUT2D eigenvalue weighted by molar-refractivity contribution is 5.75. The van der Waals surface area contributed by atoms with E-state index < -0.39 is 5.66 Å². The smallest absolute Gasteiger partial charge is 0.154 e. The fourth-order valence-corrected chi connectivity index (χ4v) is 3.33. The zero-order chi connectivity index (χ0) is 21.2. The maximum atomic E-state index is 4.77. The molecule has 2 aromatic carbocycles. The first-order valence-electron chi connectivity index (χ1n) is 10.1. The number of aromatic nitrogens is 6. The number of rotatable bonds is 2. The van der Waals surface area contributed by atoms with E-state index in [4.69, 9.17) is 20.4 Å². The normalized spacial score (nSPS) is 13.5. The van der Waals surface area contributed by atoms with Crippen LogP contribution in [0.3, 0.4) is 0 Å². The Balaban J connectivity index is 1.78. The standard InChI is InChI=1S/C23H30N6/c1-21(2,3)15-9-11-17-19(13-15)26-28(24-17)23(7,8)29-25-18-12-10-16(22(4,5)6)14-20(18)27-29/h9-14H,1-8H3. The zero-order valence-corrected chi connectivity index (χ0v) is 18.6. The van der Waals surface area contributed by atoms with Gasteiger partial charge in [0.1, 0.15) is 22.1 Å². The quantitative estimate of drug-likeness (QED) is 0.482. The molecule has 0 N–H and O–H groups in total. The average molecular weight is 391 g/mol. The largest absolute Gasteiger partial charge is 0.186 e. The van der Waals surface area contributed by atoms with Crippen LogP contribution in [0.25, 0.3) is 22.1 Å². The highest BCUT2D eigenvalue weighted by Crippen LogP contribution is 2.27. The summed E-state index contributed by atoms with van der Waals surface area (Å²) in [5.74, 6) is 0. The molecule has 4 rings (SSSR count). The Hall–Kier alpha value is -2.76. The fraction of sp³-hybridized carbons (Fsp3) is 0.478. The molecular weight excluding hydrogens is 360 g/mol. The van der Waals surface area contributed by atoms with E-state index >= 15 is 0 Å². The van der Waals surface area contributed by atoms with E-state index in [-0.39, 0.29) is 10.8 Å². The Morgan fingerprint density at radius 2 is 0.862 bits per heavy atom. The molecular formula is C23H30N6. The van der Waals surface area contributed by atoms with Crippen molar-refractivity contribution in [2.45, 2.75) is 71.9 Å². The third-order valence-electron chi connectivity index (χ3n) is 5.47. The van der Waals surface area contributed by atoms with Gasteiger partial charge in [0, 0.05) is 0 Å². The first kappa shape index (κ1) is 19.6. The molecule has 0 amide bonds. The van der Waals surface area contributed by atoms with Crippen LogP contribution in [0.15, 0.2) is 36.4 Å². The van der Waals surface area contributed by atoms with Crippen LogP contribution >= 0.6 is 0 Å². The molecule has 0 fully saturated rings. The minimum atomic E-state index is -0.637. The van der Waals surface area contributed by atoms with Crippen LogP contribution in [0, 0.1) is 0 Å². The maximum absolute atomic E-state index is 4.77. The molecule has 4 aromatic rings. The van der Waals surface area contributed by atoms with Gasteiger partial charge in [-0.3, -0.25) is 0 Å². The van der Waals surface area contributed by atoms with Crippen LogP contribution < -0.4 is 0 Å².